The molecule has 0 unspecified atom stereocenters. The van der Waals surface area contributed by atoms with Gasteiger partial charge in [0.15, 0.2) is 0 Å². The monoisotopic (exact) mass is 593 g/mol. The van der Waals surface area contributed by atoms with E-state index in [1.165, 1.54) is 38.6 Å². The largest absolute Gasteiger partial charge is 0.311 e. The Balaban J connectivity index is 1.44. The van der Waals surface area contributed by atoms with Crippen molar-refractivity contribution in [3.63, 3.8) is 0 Å². The van der Waals surface area contributed by atoms with Gasteiger partial charge in [0.1, 0.15) is 0 Å². The SMILES string of the molecule is CC(C)c1ccc(C(=Cc2ccc3cc(Br)ccc3c2)c2ccc(N(c3ccccc3)c3ccccc3)cc2)cc1. The summed E-state index contributed by atoms with van der Waals surface area (Å²) in [4.78, 5) is 2.30. The van der Waals surface area contributed by atoms with E-state index in [0.29, 0.717) is 5.92 Å². The molecule has 0 spiro atoms. The molecule has 0 atom stereocenters. The lowest BCUT2D eigenvalue weighted by atomic mass is 9.92. The van der Waals surface area contributed by atoms with Gasteiger partial charge in [-0.2, -0.15) is 0 Å². The van der Waals surface area contributed by atoms with Gasteiger partial charge in [-0.25, -0.2) is 0 Å². The molecule has 0 aromatic heterocycles. The molecule has 0 radical (unpaired) electrons. The maximum Gasteiger partial charge on any atom is 0.0462 e. The van der Waals surface area contributed by atoms with Gasteiger partial charge < -0.3 is 4.90 Å². The summed E-state index contributed by atoms with van der Waals surface area (Å²) in [7, 11) is 0. The van der Waals surface area contributed by atoms with Crippen molar-refractivity contribution in [2.75, 3.05) is 4.90 Å². The van der Waals surface area contributed by atoms with Crippen LogP contribution < -0.4 is 4.90 Å². The summed E-state index contributed by atoms with van der Waals surface area (Å²) in [5.41, 5.74) is 9.52. The van der Waals surface area contributed by atoms with Gasteiger partial charge in [-0.3, -0.25) is 0 Å². The van der Waals surface area contributed by atoms with Crippen molar-refractivity contribution >= 4 is 55.4 Å². The first-order valence-electron chi connectivity index (χ1n) is 14.1. The van der Waals surface area contributed by atoms with E-state index in [1.807, 2.05) is 0 Å². The predicted molar refractivity (Wildman–Crippen MR) is 180 cm³/mol. The molecule has 1 nitrogen and oxygen atoms in total. The third kappa shape index (κ3) is 6.04. The Bertz CT molecular complexity index is 1750. The Morgan fingerprint density at radius 3 is 1.66 bits per heavy atom. The Labute approximate surface area is 251 Å². The topological polar surface area (TPSA) is 3.24 Å². The van der Waals surface area contributed by atoms with E-state index in [1.54, 1.807) is 0 Å². The molecule has 0 fully saturated rings. The van der Waals surface area contributed by atoms with Crippen molar-refractivity contribution in [2.24, 2.45) is 0 Å². The molecule has 0 aliphatic carbocycles. The number of fused-ring (bicyclic) bond motifs is 1. The van der Waals surface area contributed by atoms with Gasteiger partial charge in [0.05, 0.1) is 0 Å². The van der Waals surface area contributed by atoms with Gasteiger partial charge in [-0.15, -0.1) is 0 Å². The Kier molecular flexibility index (Phi) is 7.84. The Hall–Kier alpha value is -4.40. The molecule has 0 bridgehead atoms. The minimum atomic E-state index is 0.498. The highest BCUT2D eigenvalue weighted by molar-refractivity contribution is 9.10. The van der Waals surface area contributed by atoms with Crippen LogP contribution in [0.1, 0.15) is 42.0 Å². The molecule has 0 aliphatic rings. The predicted octanol–water partition coefficient (Wildman–Crippen LogP) is 11.8. The molecule has 0 saturated carbocycles. The maximum absolute atomic E-state index is 3.60. The zero-order chi connectivity index (χ0) is 28.2. The number of halogens is 1. The second-order valence-corrected chi connectivity index (χ2v) is 11.6. The summed E-state index contributed by atoms with van der Waals surface area (Å²) in [6.07, 6.45) is 2.31. The zero-order valence-electron chi connectivity index (χ0n) is 23.3. The van der Waals surface area contributed by atoms with Crippen LogP contribution in [0.4, 0.5) is 17.1 Å². The third-order valence-electron chi connectivity index (χ3n) is 7.49. The average Bonchev–Trinajstić information content (AvgIpc) is 3.01. The third-order valence-corrected chi connectivity index (χ3v) is 7.98. The van der Waals surface area contributed by atoms with E-state index < -0.39 is 0 Å². The van der Waals surface area contributed by atoms with Crippen LogP contribution >= 0.6 is 15.9 Å². The van der Waals surface area contributed by atoms with Crippen molar-refractivity contribution in [1.29, 1.82) is 0 Å². The number of nitrogens with zero attached hydrogens (tertiary/aromatic N) is 1. The minimum absolute atomic E-state index is 0.498. The molecule has 6 aromatic carbocycles. The van der Waals surface area contributed by atoms with Crippen LogP contribution in [0.3, 0.4) is 0 Å². The van der Waals surface area contributed by atoms with Gasteiger partial charge in [-0.1, -0.05) is 121 Å². The first-order valence-corrected chi connectivity index (χ1v) is 14.9. The minimum Gasteiger partial charge on any atom is -0.311 e. The van der Waals surface area contributed by atoms with Crippen LogP contribution in [0.2, 0.25) is 0 Å². The molecule has 2 heteroatoms. The molecule has 0 amide bonds. The number of hydrogen-bond acceptors (Lipinski definition) is 1. The van der Waals surface area contributed by atoms with Gasteiger partial charge in [0, 0.05) is 21.5 Å². The normalized spacial score (nSPS) is 11.7. The molecule has 0 N–H and O–H groups in total. The quantitative estimate of drug-likeness (QED) is 0.166. The van der Waals surface area contributed by atoms with Crippen molar-refractivity contribution < 1.29 is 0 Å². The summed E-state index contributed by atoms with van der Waals surface area (Å²) in [6.45, 7) is 4.48. The Morgan fingerprint density at radius 1 is 0.561 bits per heavy atom. The summed E-state index contributed by atoms with van der Waals surface area (Å²) in [6, 6.07) is 52.2. The number of para-hydroxylation sites is 2. The van der Waals surface area contributed by atoms with E-state index in [9.17, 15) is 0 Å². The van der Waals surface area contributed by atoms with Crippen molar-refractivity contribution in [2.45, 2.75) is 19.8 Å². The molecular formula is C39H32BrN. The fourth-order valence-corrected chi connectivity index (χ4v) is 5.64. The molecule has 200 valence electrons. The summed E-state index contributed by atoms with van der Waals surface area (Å²) >= 11 is 3.60. The number of anilines is 3. The van der Waals surface area contributed by atoms with E-state index in [2.05, 4.69) is 186 Å². The van der Waals surface area contributed by atoms with Gasteiger partial charge >= 0.3 is 0 Å². The summed E-state index contributed by atoms with van der Waals surface area (Å²) < 4.78 is 1.10. The van der Waals surface area contributed by atoms with Gasteiger partial charge in [-0.05, 0) is 105 Å². The van der Waals surface area contributed by atoms with Gasteiger partial charge in [0.2, 0.25) is 0 Å². The van der Waals surface area contributed by atoms with E-state index in [-0.39, 0.29) is 0 Å². The first-order chi connectivity index (χ1) is 20.0. The highest BCUT2D eigenvalue weighted by Crippen LogP contribution is 2.36. The van der Waals surface area contributed by atoms with Crippen LogP contribution in [0, 0.1) is 0 Å². The van der Waals surface area contributed by atoms with Crippen LogP contribution in [0.5, 0.6) is 0 Å². The zero-order valence-corrected chi connectivity index (χ0v) is 24.9. The summed E-state index contributed by atoms with van der Waals surface area (Å²) in [5.74, 6) is 0.498. The lowest BCUT2D eigenvalue weighted by Gasteiger charge is -2.25. The summed E-state index contributed by atoms with van der Waals surface area (Å²) in [5, 5.41) is 2.46. The molecule has 0 aliphatic heterocycles. The van der Waals surface area contributed by atoms with Crippen LogP contribution in [0.25, 0.3) is 22.4 Å². The van der Waals surface area contributed by atoms with Crippen LogP contribution in [-0.4, -0.2) is 0 Å². The highest BCUT2D eigenvalue weighted by Gasteiger charge is 2.13. The lowest BCUT2D eigenvalue weighted by Crippen LogP contribution is -2.09. The number of rotatable bonds is 7. The molecule has 0 heterocycles. The van der Waals surface area contributed by atoms with Crippen molar-refractivity contribution in [3.8, 4) is 0 Å². The second-order valence-electron chi connectivity index (χ2n) is 10.6. The average molecular weight is 595 g/mol. The van der Waals surface area contributed by atoms with E-state index >= 15 is 0 Å². The van der Waals surface area contributed by atoms with E-state index in [0.717, 1.165) is 21.5 Å². The van der Waals surface area contributed by atoms with Crippen LogP contribution in [-0.2, 0) is 0 Å². The molecule has 6 rings (SSSR count). The second kappa shape index (κ2) is 12.0. The number of benzene rings is 6. The lowest BCUT2D eigenvalue weighted by molar-refractivity contribution is 0.866. The first kappa shape index (κ1) is 26.8. The van der Waals surface area contributed by atoms with Crippen LogP contribution in [0.15, 0.2) is 150 Å². The van der Waals surface area contributed by atoms with Crippen molar-refractivity contribution in [1.82, 2.24) is 0 Å². The molecule has 0 saturated heterocycles. The fraction of sp³-hybridized carbons (Fsp3) is 0.0769. The maximum atomic E-state index is 3.60. The fourth-order valence-electron chi connectivity index (χ4n) is 5.26. The van der Waals surface area contributed by atoms with Crippen molar-refractivity contribution in [3.05, 3.63) is 172 Å². The molecule has 41 heavy (non-hydrogen) atoms. The number of hydrogen-bond donors (Lipinski definition) is 0. The highest BCUT2D eigenvalue weighted by atomic mass is 79.9. The Morgan fingerprint density at radius 2 is 1.07 bits per heavy atom. The molecular weight excluding hydrogens is 562 g/mol. The standard InChI is InChI=1S/C39H32BrN/c1-28(2)30-15-17-31(18-16-30)39(26-29-13-14-34-27-35(40)22-19-33(34)25-29)32-20-23-38(24-21-32)41(36-9-5-3-6-10-36)37-11-7-4-8-12-37/h3-28H,1-2H3. The van der Waals surface area contributed by atoms with E-state index in [4.69, 9.17) is 0 Å². The smallest absolute Gasteiger partial charge is 0.0462 e. The van der Waals surface area contributed by atoms with Gasteiger partial charge in [0.25, 0.3) is 0 Å². The molecule has 6 aromatic rings.